The van der Waals surface area contributed by atoms with Crippen LogP contribution in [0.25, 0.3) is 0 Å². The Morgan fingerprint density at radius 3 is 3.16 bits per heavy atom. The molecule has 2 fully saturated rings. The molecule has 6 heteroatoms. The van der Waals surface area contributed by atoms with E-state index in [4.69, 9.17) is 9.47 Å². The molecule has 2 aliphatic rings. The molecule has 1 N–H and O–H groups in total. The van der Waals surface area contributed by atoms with E-state index in [1.54, 1.807) is 6.20 Å². The predicted octanol–water partition coefficient (Wildman–Crippen LogP) is 0.531. The van der Waals surface area contributed by atoms with E-state index >= 15 is 0 Å². The number of ether oxygens (including phenoxy) is 2. The maximum atomic E-state index is 12.4. The van der Waals surface area contributed by atoms with Crippen molar-refractivity contribution in [2.75, 3.05) is 32.9 Å². The lowest BCUT2D eigenvalue weighted by atomic mass is 9.94. The number of aromatic amines is 1. The summed E-state index contributed by atoms with van der Waals surface area (Å²) < 4.78 is 10.8. The number of amides is 1. The largest absolute Gasteiger partial charge is 0.376 e. The van der Waals surface area contributed by atoms with E-state index in [0.717, 1.165) is 31.6 Å². The first kappa shape index (κ1) is 12.6. The average molecular weight is 265 g/mol. The number of nitrogens with one attached hydrogen (secondary N) is 1. The van der Waals surface area contributed by atoms with Crippen LogP contribution >= 0.6 is 0 Å². The zero-order valence-electron chi connectivity index (χ0n) is 10.9. The SMILES string of the molecule is O=C(C1COCCO1)N1CCCC(c2ccn[nH]2)C1. The van der Waals surface area contributed by atoms with Gasteiger partial charge in [-0.15, -0.1) is 0 Å². The molecule has 0 bridgehead atoms. The van der Waals surface area contributed by atoms with Crippen LogP contribution in [-0.2, 0) is 14.3 Å². The quantitative estimate of drug-likeness (QED) is 0.847. The van der Waals surface area contributed by atoms with E-state index in [2.05, 4.69) is 10.2 Å². The van der Waals surface area contributed by atoms with Crippen LogP contribution in [-0.4, -0.2) is 60.0 Å². The number of hydrogen-bond donors (Lipinski definition) is 1. The summed E-state index contributed by atoms with van der Waals surface area (Å²) in [4.78, 5) is 14.3. The summed E-state index contributed by atoms with van der Waals surface area (Å²) >= 11 is 0. The minimum Gasteiger partial charge on any atom is -0.376 e. The van der Waals surface area contributed by atoms with Crippen LogP contribution in [0.5, 0.6) is 0 Å². The molecule has 0 aromatic carbocycles. The minimum absolute atomic E-state index is 0.0592. The van der Waals surface area contributed by atoms with Crippen molar-refractivity contribution in [3.05, 3.63) is 18.0 Å². The third-order valence-corrected chi connectivity index (χ3v) is 3.79. The normalized spacial score (nSPS) is 28.3. The number of likely N-dealkylation sites (tertiary alicyclic amines) is 1. The molecule has 1 aromatic rings. The van der Waals surface area contributed by atoms with Crippen LogP contribution < -0.4 is 0 Å². The van der Waals surface area contributed by atoms with E-state index in [1.807, 2.05) is 11.0 Å². The molecular weight excluding hydrogens is 246 g/mol. The highest BCUT2D eigenvalue weighted by atomic mass is 16.6. The molecule has 6 nitrogen and oxygen atoms in total. The highest BCUT2D eigenvalue weighted by Crippen LogP contribution is 2.26. The predicted molar refractivity (Wildman–Crippen MR) is 67.7 cm³/mol. The Morgan fingerprint density at radius 2 is 2.42 bits per heavy atom. The van der Waals surface area contributed by atoms with Gasteiger partial charge in [0.2, 0.25) is 0 Å². The van der Waals surface area contributed by atoms with Crippen LogP contribution in [0, 0.1) is 0 Å². The first-order valence-corrected chi connectivity index (χ1v) is 6.82. The Hall–Kier alpha value is -1.40. The zero-order valence-corrected chi connectivity index (χ0v) is 10.9. The van der Waals surface area contributed by atoms with Crippen molar-refractivity contribution in [2.45, 2.75) is 24.9 Å². The van der Waals surface area contributed by atoms with Crippen molar-refractivity contribution in [3.63, 3.8) is 0 Å². The van der Waals surface area contributed by atoms with E-state index in [1.165, 1.54) is 0 Å². The minimum atomic E-state index is -0.422. The van der Waals surface area contributed by atoms with Crippen molar-refractivity contribution in [2.24, 2.45) is 0 Å². The number of H-pyrrole nitrogens is 1. The van der Waals surface area contributed by atoms with Gasteiger partial charge in [-0.05, 0) is 18.9 Å². The van der Waals surface area contributed by atoms with Gasteiger partial charge in [0.05, 0.1) is 19.8 Å². The topological polar surface area (TPSA) is 67.5 Å². The second kappa shape index (κ2) is 5.71. The Labute approximate surface area is 112 Å². The number of hydrogen-bond acceptors (Lipinski definition) is 4. The number of rotatable bonds is 2. The molecule has 0 saturated carbocycles. The summed E-state index contributed by atoms with van der Waals surface area (Å²) in [6, 6.07) is 1.98. The summed E-state index contributed by atoms with van der Waals surface area (Å²) in [6.07, 6.45) is 3.44. The number of carbonyl (C=O) groups is 1. The van der Waals surface area contributed by atoms with E-state index in [9.17, 15) is 4.79 Å². The van der Waals surface area contributed by atoms with E-state index in [-0.39, 0.29) is 5.91 Å². The van der Waals surface area contributed by atoms with Gasteiger partial charge in [0.15, 0.2) is 6.10 Å². The molecule has 104 valence electrons. The van der Waals surface area contributed by atoms with Gasteiger partial charge in [-0.2, -0.15) is 5.10 Å². The lowest BCUT2D eigenvalue weighted by Gasteiger charge is -2.35. The molecule has 0 radical (unpaired) electrons. The molecule has 1 aromatic heterocycles. The maximum Gasteiger partial charge on any atom is 0.254 e. The highest BCUT2D eigenvalue weighted by molar-refractivity contribution is 5.81. The molecule has 2 aliphatic heterocycles. The third kappa shape index (κ3) is 2.79. The van der Waals surface area contributed by atoms with Gasteiger partial charge < -0.3 is 14.4 Å². The summed E-state index contributed by atoms with van der Waals surface area (Å²) in [5.41, 5.74) is 1.11. The van der Waals surface area contributed by atoms with Crippen LogP contribution in [0.1, 0.15) is 24.5 Å². The second-order valence-corrected chi connectivity index (χ2v) is 5.07. The van der Waals surface area contributed by atoms with Crippen LogP contribution in [0.3, 0.4) is 0 Å². The number of piperidine rings is 1. The smallest absolute Gasteiger partial charge is 0.254 e. The third-order valence-electron chi connectivity index (χ3n) is 3.79. The zero-order chi connectivity index (χ0) is 13.1. The summed E-state index contributed by atoms with van der Waals surface area (Å²) in [6.45, 7) is 3.02. The first-order chi connectivity index (χ1) is 9.34. The van der Waals surface area contributed by atoms with Gasteiger partial charge in [0, 0.05) is 30.9 Å². The van der Waals surface area contributed by atoms with Gasteiger partial charge in [-0.1, -0.05) is 0 Å². The van der Waals surface area contributed by atoms with Crippen LogP contribution in [0.15, 0.2) is 12.3 Å². The fourth-order valence-electron chi connectivity index (χ4n) is 2.76. The monoisotopic (exact) mass is 265 g/mol. The summed E-state index contributed by atoms with van der Waals surface area (Å²) in [5, 5.41) is 6.99. The molecule has 2 unspecified atom stereocenters. The number of carbonyl (C=O) groups excluding carboxylic acids is 1. The number of nitrogens with zero attached hydrogens (tertiary/aromatic N) is 2. The standard InChI is InChI=1S/C13H19N3O3/c17-13(12-9-18-6-7-19-12)16-5-1-2-10(8-16)11-3-4-14-15-11/h3-4,10,12H,1-2,5-9H2,(H,14,15). The number of aromatic nitrogens is 2. The first-order valence-electron chi connectivity index (χ1n) is 6.82. The molecule has 0 aliphatic carbocycles. The molecule has 2 saturated heterocycles. The van der Waals surface area contributed by atoms with Crippen molar-refractivity contribution >= 4 is 5.91 Å². The Morgan fingerprint density at radius 1 is 1.47 bits per heavy atom. The molecule has 1 amide bonds. The Bertz CT molecular complexity index is 415. The molecule has 0 spiro atoms. The van der Waals surface area contributed by atoms with E-state index < -0.39 is 6.10 Å². The van der Waals surface area contributed by atoms with Gasteiger partial charge in [0.25, 0.3) is 5.91 Å². The van der Waals surface area contributed by atoms with Gasteiger partial charge >= 0.3 is 0 Å². The van der Waals surface area contributed by atoms with Gasteiger partial charge in [-0.3, -0.25) is 9.89 Å². The molecule has 19 heavy (non-hydrogen) atoms. The molecule has 3 rings (SSSR count). The summed E-state index contributed by atoms with van der Waals surface area (Å²) in [5.74, 6) is 0.411. The highest BCUT2D eigenvalue weighted by Gasteiger charge is 2.31. The molecular formula is C13H19N3O3. The lowest BCUT2D eigenvalue weighted by Crippen LogP contribution is -2.48. The summed E-state index contributed by atoms with van der Waals surface area (Å²) in [7, 11) is 0. The van der Waals surface area contributed by atoms with Crippen molar-refractivity contribution < 1.29 is 14.3 Å². The van der Waals surface area contributed by atoms with Gasteiger partial charge in [-0.25, -0.2) is 0 Å². The van der Waals surface area contributed by atoms with Gasteiger partial charge in [0.1, 0.15) is 0 Å². The molecule has 3 heterocycles. The Balaban J connectivity index is 1.62. The van der Waals surface area contributed by atoms with Crippen molar-refractivity contribution in [1.29, 1.82) is 0 Å². The van der Waals surface area contributed by atoms with E-state index in [0.29, 0.717) is 25.7 Å². The lowest BCUT2D eigenvalue weighted by molar-refractivity contribution is -0.159. The van der Waals surface area contributed by atoms with Crippen LogP contribution in [0.2, 0.25) is 0 Å². The fraction of sp³-hybridized carbons (Fsp3) is 0.692. The van der Waals surface area contributed by atoms with Crippen molar-refractivity contribution in [1.82, 2.24) is 15.1 Å². The fourth-order valence-corrected chi connectivity index (χ4v) is 2.76. The maximum absolute atomic E-state index is 12.4. The van der Waals surface area contributed by atoms with Crippen LogP contribution in [0.4, 0.5) is 0 Å². The Kier molecular flexibility index (Phi) is 3.79. The second-order valence-electron chi connectivity index (χ2n) is 5.07. The average Bonchev–Trinajstić information content (AvgIpc) is 3.02. The molecule has 2 atom stereocenters. The van der Waals surface area contributed by atoms with Crippen molar-refractivity contribution in [3.8, 4) is 0 Å².